The van der Waals surface area contributed by atoms with Crippen LogP contribution in [0.3, 0.4) is 0 Å². The molecular formula is C13H15F2N5O. The Morgan fingerprint density at radius 3 is 2.95 bits per heavy atom. The molecule has 0 spiro atoms. The van der Waals surface area contributed by atoms with E-state index in [1.807, 2.05) is 6.92 Å². The minimum Gasteiger partial charge on any atom is -0.322 e. The molecule has 1 aromatic carbocycles. The van der Waals surface area contributed by atoms with Crippen LogP contribution in [0.2, 0.25) is 0 Å². The summed E-state index contributed by atoms with van der Waals surface area (Å²) in [6.07, 6.45) is 1.62. The topological polar surface area (TPSA) is 71.8 Å². The lowest BCUT2D eigenvalue weighted by atomic mass is 10.3. The normalized spacial score (nSPS) is 10.6. The Bertz CT molecular complexity index is 629. The number of aromatic nitrogens is 3. The molecule has 2 N–H and O–H groups in total. The Morgan fingerprint density at radius 1 is 1.38 bits per heavy atom. The van der Waals surface area contributed by atoms with Gasteiger partial charge in [0.05, 0.1) is 17.6 Å². The van der Waals surface area contributed by atoms with Crippen LogP contribution in [0.15, 0.2) is 24.4 Å². The van der Waals surface area contributed by atoms with Crippen LogP contribution in [-0.4, -0.2) is 27.4 Å². The van der Waals surface area contributed by atoms with Crippen LogP contribution in [0, 0.1) is 11.6 Å². The highest BCUT2D eigenvalue weighted by atomic mass is 19.1. The van der Waals surface area contributed by atoms with Gasteiger partial charge in [-0.3, -0.25) is 4.79 Å². The number of anilines is 1. The van der Waals surface area contributed by atoms with Crippen molar-refractivity contribution in [1.29, 1.82) is 0 Å². The van der Waals surface area contributed by atoms with E-state index < -0.39 is 17.5 Å². The molecule has 2 aromatic rings. The number of nitrogens with one attached hydrogen (secondary N) is 2. The van der Waals surface area contributed by atoms with Gasteiger partial charge in [0.1, 0.15) is 18.2 Å². The fourth-order valence-electron chi connectivity index (χ4n) is 1.68. The van der Waals surface area contributed by atoms with E-state index in [0.29, 0.717) is 12.2 Å². The first-order chi connectivity index (χ1) is 10.1. The van der Waals surface area contributed by atoms with Crippen LogP contribution in [0.25, 0.3) is 0 Å². The maximum absolute atomic E-state index is 13.4. The lowest BCUT2D eigenvalue weighted by Gasteiger charge is -2.06. The van der Waals surface area contributed by atoms with Gasteiger partial charge < -0.3 is 10.6 Å². The predicted octanol–water partition coefficient (Wildman–Crippen LogP) is 1.30. The Hall–Kier alpha value is -2.35. The van der Waals surface area contributed by atoms with Crippen molar-refractivity contribution in [2.24, 2.45) is 0 Å². The monoisotopic (exact) mass is 295 g/mol. The van der Waals surface area contributed by atoms with Gasteiger partial charge in [0.15, 0.2) is 0 Å². The zero-order chi connectivity index (χ0) is 15.2. The van der Waals surface area contributed by atoms with Crippen molar-refractivity contribution in [3.05, 3.63) is 41.7 Å². The highest BCUT2D eigenvalue weighted by Crippen LogP contribution is 2.15. The molecule has 0 radical (unpaired) electrons. The molecule has 6 nitrogen and oxygen atoms in total. The molecule has 0 saturated heterocycles. The molecular weight excluding hydrogens is 280 g/mol. The average Bonchev–Trinajstić information content (AvgIpc) is 2.88. The minimum atomic E-state index is -0.698. The maximum Gasteiger partial charge on any atom is 0.246 e. The average molecular weight is 295 g/mol. The highest BCUT2D eigenvalue weighted by molar-refractivity contribution is 5.90. The SMILES string of the molecule is CCNCc1cn(CC(=O)Nc2cc(F)ccc2F)nn1. The number of benzene rings is 1. The molecule has 0 aliphatic rings. The second-order valence-electron chi connectivity index (χ2n) is 4.36. The van der Waals surface area contributed by atoms with Crippen LogP contribution >= 0.6 is 0 Å². The summed E-state index contributed by atoms with van der Waals surface area (Å²) in [5.74, 6) is -1.84. The first-order valence-electron chi connectivity index (χ1n) is 6.43. The summed E-state index contributed by atoms with van der Waals surface area (Å²) in [5.41, 5.74) is 0.495. The van der Waals surface area contributed by atoms with Crippen molar-refractivity contribution in [2.45, 2.75) is 20.0 Å². The molecule has 8 heteroatoms. The van der Waals surface area contributed by atoms with Crippen LogP contribution in [0.1, 0.15) is 12.6 Å². The molecule has 0 aliphatic carbocycles. The fraction of sp³-hybridized carbons (Fsp3) is 0.308. The second kappa shape index (κ2) is 6.89. The molecule has 1 aromatic heterocycles. The van der Waals surface area contributed by atoms with E-state index in [2.05, 4.69) is 20.9 Å². The van der Waals surface area contributed by atoms with Gasteiger partial charge in [0, 0.05) is 12.6 Å². The second-order valence-corrected chi connectivity index (χ2v) is 4.36. The molecule has 0 atom stereocenters. The lowest BCUT2D eigenvalue weighted by Crippen LogP contribution is -2.20. The Balaban J connectivity index is 1.95. The van der Waals surface area contributed by atoms with Crippen molar-refractivity contribution in [1.82, 2.24) is 20.3 Å². The molecule has 0 aliphatic heterocycles. The van der Waals surface area contributed by atoms with E-state index in [4.69, 9.17) is 0 Å². The van der Waals surface area contributed by atoms with E-state index >= 15 is 0 Å². The molecule has 1 heterocycles. The van der Waals surface area contributed by atoms with Crippen molar-refractivity contribution in [2.75, 3.05) is 11.9 Å². The van der Waals surface area contributed by atoms with Crippen LogP contribution in [0.5, 0.6) is 0 Å². The fourth-order valence-corrected chi connectivity index (χ4v) is 1.68. The summed E-state index contributed by atoms with van der Waals surface area (Å²) in [7, 11) is 0. The van der Waals surface area contributed by atoms with Crippen molar-refractivity contribution in [3.8, 4) is 0 Å². The van der Waals surface area contributed by atoms with Crippen LogP contribution < -0.4 is 10.6 Å². The van der Waals surface area contributed by atoms with Gasteiger partial charge in [-0.2, -0.15) is 0 Å². The summed E-state index contributed by atoms with van der Waals surface area (Å²) in [6, 6.07) is 2.86. The zero-order valence-electron chi connectivity index (χ0n) is 11.4. The number of nitrogens with zero attached hydrogens (tertiary/aromatic N) is 3. The Morgan fingerprint density at radius 2 is 2.19 bits per heavy atom. The van der Waals surface area contributed by atoms with Gasteiger partial charge in [0.2, 0.25) is 5.91 Å². The lowest BCUT2D eigenvalue weighted by molar-refractivity contribution is -0.116. The van der Waals surface area contributed by atoms with Gasteiger partial charge in [-0.1, -0.05) is 12.1 Å². The smallest absolute Gasteiger partial charge is 0.246 e. The van der Waals surface area contributed by atoms with Crippen molar-refractivity contribution >= 4 is 11.6 Å². The van der Waals surface area contributed by atoms with Crippen molar-refractivity contribution in [3.63, 3.8) is 0 Å². The highest BCUT2D eigenvalue weighted by Gasteiger charge is 2.10. The molecule has 0 fully saturated rings. The molecule has 1 amide bonds. The first-order valence-corrected chi connectivity index (χ1v) is 6.43. The summed E-state index contributed by atoms with van der Waals surface area (Å²) >= 11 is 0. The number of carbonyl (C=O) groups excluding carboxylic acids is 1. The largest absolute Gasteiger partial charge is 0.322 e. The number of carbonyl (C=O) groups is 1. The molecule has 0 saturated carbocycles. The van der Waals surface area contributed by atoms with Crippen LogP contribution in [0.4, 0.5) is 14.5 Å². The number of hydrogen-bond donors (Lipinski definition) is 2. The predicted molar refractivity (Wildman–Crippen MR) is 72.4 cm³/mol. The van der Waals surface area contributed by atoms with Gasteiger partial charge in [-0.05, 0) is 18.7 Å². The van der Waals surface area contributed by atoms with E-state index in [1.165, 1.54) is 4.68 Å². The zero-order valence-corrected chi connectivity index (χ0v) is 11.4. The van der Waals surface area contributed by atoms with Gasteiger partial charge >= 0.3 is 0 Å². The molecule has 21 heavy (non-hydrogen) atoms. The third-order valence-electron chi connectivity index (χ3n) is 2.65. The van der Waals surface area contributed by atoms with Gasteiger partial charge in [0.25, 0.3) is 0 Å². The molecule has 0 unspecified atom stereocenters. The number of halogens is 2. The number of hydrogen-bond acceptors (Lipinski definition) is 4. The number of rotatable bonds is 6. The summed E-state index contributed by atoms with van der Waals surface area (Å²) in [5, 5.41) is 13.0. The third kappa shape index (κ3) is 4.32. The number of amides is 1. The van der Waals surface area contributed by atoms with Gasteiger partial charge in [-0.15, -0.1) is 5.10 Å². The quantitative estimate of drug-likeness (QED) is 0.843. The van der Waals surface area contributed by atoms with E-state index in [1.54, 1.807) is 6.20 Å². The first kappa shape index (κ1) is 15.0. The van der Waals surface area contributed by atoms with E-state index in [0.717, 1.165) is 24.7 Å². The maximum atomic E-state index is 13.4. The third-order valence-corrected chi connectivity index (χ3v) is 2.65. The van der Waals surface area contributed by atoms with Crippen molar-refractivity contribution < 1.29 is 13.6 Å². The summed E-state index contributed by atoms with van der Waals surface area (Å²) in [6.45, 7) is 3.18. The summed E-state index contributed by atoms with van der Waals surface area (Å²) in [4.78, 5) is 11.8. The minimum absolute atomic E-state index is 0.130. The molecule has 2 rings (SSSR count). The Kier molecular flexibility index (Phi) is 4.94. The summed E-state index contributed by atoms with van der Waals surface area (Å²) < 4.78 is 27.7. The van der Waals surface area contributed by atoms with Gasteiger partial charge in [-0.25, -0.2) is 13.5 Å². The molecule has 112 valence electrons. The standard InChI is InChI=1S/C13H15F2N5O/c1-2-16-6-10-7-20(19-18-10)8-13(21)17-12-5-9(14)3-4-11(12)15/h3-5,7,16H,2,6,8H2,1H3,(H,17,21). The Labute approximate surface area is 120 Å². The van der Waals surface area contributed by atoms with Crippen LogP contribution in [-0.2, 0) is 17.9 Å². The van der Waals surface area contributed by atoms with E-state index in [-0.39, 0.29) is 12.2 Å². The van der Waals surface area contributed by atoms with E-state index in [9.17, 15) is 13.6 Å². The molecule has 0 bridgehead atoms.